The van der Waals surface area contributed by atoms with Crippen LogP contribution >= 0.6 is 0 Å². The summed E-state index contributed by atoms with van der Waals surface area (Å²) < 4.78 is 0. The minimum absolute atomic E-state index is 0.217. The number of rotatable bonds is 8. The molecule has 0 saturated heterocycles. The van der Waals surface area contributed by atoms with Crippen LogP contribution in [0.2, 0.25) is 0 Å². The Labute approximate surface area is 94.2 Å². The van der Waals surface area contributed by atoms with E-state index in [1.165, 1.54) is 6.42 Å². The average Bonchev–Trinajstić information content (AvgIpc) is 2.25. The molecule has 0 saturated carbocycles. The summed E-state index contributed by atoms with van der Waals surface area (Å²) in [4.78, 5) is 13.6. The molecule has 0 heterocycles. The fourth-order valence-corrected chi connectivity index (χ4v) is 1.72. The van der Waals surface area contributed by atoms with Crippen LogP contribution in [0.4, 0.5) is 0 Å². The van der Waals surface area contributed by atoms with Crippen molar-refractivity contribution in [3.05, 3.63) is 0 Å². The number of carbonyl (C=O) groups is 1. The molecule has 3 nitrogen and oxygen atoms in total. The largest absolute Gasteiger partial charge is 0.342 e. The lowest BCUT2D eigenvalue weighted by Gasteiger charge is -2.21. The van der Waals surface area contributed by atoms with Gasteiger partial charge < -0.3 is 10.2 Å². The van der Waals surface area contributed by atoms with Crippen molar-refractivity contribution in [3.8, 4) is 0 Å². The molecular formula is C12H26N2O. The van der Waals surface area contributed by atoms with Crippen LogP contribution in [0.3, 0.4) is 0 Å². The van der Waals surface area contributed by atoms with Crippen LogP contribution in [0.1, 0.15) is 47.0 Å². The Hall–Kier alpha value is -0.570. The summed E-state index contributed by atoms with van der Waals surface area (Å²) in [7, 11) is 0. The molecule has 0 rings (SSSR count). The Morgan fingerprint density at radius 3 is 2.20 bits per heavy atom. The first-order chi connectivity index (χ1) is 7.19. The van der Waals surface area contributed by atoms with Crippen LogP contribution < -0.4 is 5.32 Å². The molecule has 1 atom stereocenters. The SMILES string of the molecule is CCCC(CC)NCC(=O)N(CC)CC. The topological polar surface area (TPSA) is 32.3 Å². The fraction of sp³-hybridized carbons (Fsp3) is 0.917. The van der Waals surface area contributed by atoms with E-state index in [0.717, 1.165) is 25.9 Å². The molecule has 0 spiro atoms. The van der Waals surface area contributed by atoms with E-state index in [1.54, 1.807) is 0 Å². The summed E-state index contributed by atoms with van der Waals surface area (Å²) in [5, 5.41) is 3.33. The van der Waals surface area contributed by atoms with Gasteiger partial charge in [-0.05, 0) is 26.7 Å². The quantitative estimate of drug-likeness (QED) is 0.670. The molecule has 0 aliphatic carbocycles. The highest BCUT2D eigenvalue weighted by atomic mass is 16.2. The van der Waals surface area contributed by atoms with Gasteiger partial charge in [0, 0.05) is 19.1 Å². The Balaban J connectivity index is 3.85. The summed E-state index contributed by atoms with van der Waals surface area (Å²) in [5.74, 6) is 0.217. The van der Waals surface area contributed by atoms with Crippen LogP contribution in [0, 0.1) is 0 Å². The number of nitrogens with zero attached hydrogens (tertiary/aromatic N) is 1. The van der Waals surface area contributed by atoms with Crippen molar-refractivity contribution in [3.63, 3.8) is 0 Å². The Morgan fingerprint density at radius 2 is 1.80 bits per heavy atom. The summed E-state index contributed by atoms with van der Waals surface area (Å²) >= 11 is 0. The number of nitrogens with one attached hydrogen (secondary N) is 1. The predicted octanol–water partition coefficient (Wildman–Crippen LogP) is 2.02. The lowest BCUT2D eigenvalue weighted by atomic mass is 10.1. The van der Waals surface area contributed by atoms with Gasteiger partial charge >= 0.3 is 0 Å². The van der Waals surface area contributed by atoms with E-state index in [0.29, 0.717) is 12.6 Å². The van der Waals surface area contributed by atoms with Crippen LogP contribution in [0.5, 0.6) is 0 Å². The first-order valence-electron chi connectivity index (χ1n) is 6.20. The molecule has 0 bridgehead atoms. The highest BCUT2D eigenvalue weighted by Gasteiger charge is 2.11. The zero-order chi connectivity index (χ0) is 11.7. The molecular weight excluding hydrogens is 188 g/mol. The molecule has 1 unspecified atom stereocenters. The van der Waals surface area contributed by atoms with Crippen molar-refractivity contribution < 1.29 is 4.79 Å². The van der Waals surface area contributed by atoms with Gasteiger partial charge in [-0.25, -0.2) is 0 Å². The molecule has 3 heteroatoms. The van der Waals surface area contributed by atoms with E-state index in [1.807, 2.05) is 18.7 Å². The van der Waals surface area contributed by atoms with Gasteiger partial charge in [-0.2, -0.15) is 0 Å². The van der Waals surface area contributed by atoms with E-state index < -0.39 is 0 Å². The normalized spacial score (nSPS) is 12.5. The first-order valence-corrected chi connectivity index (χ1v) is 6.20. The van der Waals surface area contributed by atoms with E-state index in [2.05, 4.69) is 19.2 Å². The summed E-state index contributed by atoms with van der Waals surface area (Å²) in [6, 6.07) is 0.495. The van der Waals surface area contributed by atoms with E-state index in [4.69, 9.17) is 0 Å². The van der Waals surface area contributed by atoms with Crippen molar-refractivity contribution in [2.45, 2.75) is 53.0 Å². The second-order valence-corrected chi connectivity index (χ2v) is 3.84. The van der Waals surface area contributed by atoms with Crippen LogP contribution in [0.25, 0.3) is 0 Å². The van der Waals surface area contributed by atoms with Crippen LogP contribution in [0.15, 0.2) is 0 Å². The molecule has 0 aromatic carbocycles. The number of likely N-dealkylation sites (N-methyl/N-ethyl adjacent to an activating group) is 1. The van der Waals surface area contributed by atoms with Crippen molar-refractivity contribution in [1.82, 2.24) is 10.2 Å². The minimum Gasteiger partial charge on any atom is -0.342 e. The molecule has 0 aliphatic heterocycles. The van der Waals surface area contributed by atoms with E-state index >= 15 is 0 Å². The average molecular weight is 214 g/mol. The van der Waals surface area contributed by atoms with E-state index in [-0.39, 0.29) is 5.91 Å². The highest BCUT2D eigenvalue weighted by Crippen LogP contribution is 2.00. The number of amides is 1. The van der Waals surface area contributed by atoms with Gasteiger partial charge in [-0.15, -0.1) is 0 Å². The molecule has 0 aromatic heterocycles. The zero-order valence-corrected chi connectivity index (χ0v) is 10.7. The monoisotopic (exact) mass is 214 g/mol. The zero-order valence-electron chi connectivity index (χ0n) is 10.7. The van der Waals surface area contributed by atoms with Crippen LogP contribution in [-0.4, -0.2) is 36.5 Å². The van der Waals surface area contributed by atoms with Gasteiger partial charge in [0.2, 0.25) is 5.91 Å². The molecule has 0 aromatic rings. The number of hydrogen-bond donors (Lipinski definition) is 1. The third kappa shape index (κ3) is 5.78. The van der Waals surface area contributed by atoms with Crippen molar-refractivity contribution in [2.75, 3.05) is 19.6 Å². The molecule has 0 fully saturated rings. The van der Waals surface area contributed by atoms with Crippen molar-refractivity contribution in [1.29, 1.82) is 0 Å². The molecule has 1 N–H and O–H groups in total. The van der Waals surface area contributed by atoms with Gasteiger partial charge in [0.25, 0.3) is 0 Å². The summed E-state index contributed by atoms with van der Waals surface area (Å²) in [6.45, 7) is 10.5. The number of carbonyl (C=O) groups excluding carboxylic acids is 1. The van der Waals surface area contributed by atoms with Gasteiger partial charge in [-0.3, -0.25) is 4.79 Å². The Morgan fingerprint density at radius 1 is 1.20 bits per heavy atom. The maximum atomic E-state index is 11.7. The molecule has 0 radical (unpaired) electrons. The fourth-order valence-electron chi connectivity index (χ4n) is 1.72. The highest BCUT2D eigenvalue weighted by molar-refractivity contribution is 5.78. The third-order valence-electron chi connectivity index (χ3n) is 2.79. The van der Waals surface area contributed by atoms with E-state index in [9.17, 15) is 4.79 Å². The van der Waals surface area contributed by atoms with Gasteiger partial charge in [0.05, 0.1) is 6.54 Å². The van der Waals surface area contributed by atoms with Crippen molar-refractivity contribution in [2.24, 2.45) is 0 Å². The Kier molecular flexibility index (Phi) is 8.38. The lowest BCUT2D eigenvalue weighted by molar-refractivity contribution is -0.130. The molecule has 90 valence electrons. The molecule has 15 heavy (non-hydrogen) atoms. The second kappa shape index (κ2) is 8.72. The maximum Gasteiger partial charge on any atom is 0.236 e. The molecule has 0 aliphatic rings. The lowest BCUT2D eigenvalue weighted by Crippen LogP contribution is -2.41. The second-order valence-electron chi connectivity index (χ2n) is 3.84. The van der Waals surface area contributed by atoms with Crippen LogP contribution in [-0.2, 0) is 4.79 Å². The molecule has 1 amide bonds. The standard InChI is InChI=1S/C12H26N2O/c1-5-9-11(6-2)13-10-12(15)14(7-3)8-4/h11,13H,5-10H2,1-4H3. The number of hydrogen-bond acceptors (Lipinski definition) is 2. The first kappa shape index (κ1) is 14.4. The minimum atomic E-state index is 0.217. The van der Waals surface area contributed by atoms with Gasteiger partial charge in [0.15, 0.2) is 0 Å². The Bertz CT molecular complexity index is 167. The van der Waals surface area contributed by atoms with Crippen molar-refractivity contribution >= 4 is 5.91 Å². The summed E-state index contributed by atoms with van der Waals surface area (Å²) in [6.07, 6.45) is 3.42. The summed E-state index contributed by atoms with van der Waals surface area (Å²) in [5.41, 5.74) is 0. The smallest absolute Gasteiger partial charge is 0.236 e. The van der Waals surface area contributed by atoms with Gasteiger partial charge in [0.1, 0.15) is 0 Å². The third-order valence-corrected chi connectivity index (χ3v) is 2.79. The van der Waals surface area contributed by atoms with Gasteiger partial charge in [-0.1, -0.05) is 20.3 Å². The maximum absolute atomic E-state index is 11.7. The predicted molar refractivity (Wildman–Crippen MR) is 64.9 cm³/mol.